The lowest BCUT2D eigenvalue weighted by Gasteiger charge is -2.26. The molecule has 1 saturated carbocycles. The Morgan fingerprint density at radius 1 is 1.19 bits per heavy atom. The van der Waals surface area contributed by atoms with E-state index in [4.69, 9.17) is 15.2 Å². The first-order valence-corrected chi connectivity index (χ1v) is 9.54. The maximum atomic E-state index is 12.4. The van der Waals surface area contributed by atoms with Gasteiger partial charge in [-0.3, -0.25) is 9.59 Å². The third kappa shape index (κ3) is 5.21. The average molecular weight is 360 g/mol. The van der Waals surface area contributed by atoms with Crippen LogP contribution in [0.1, 0.15) is 48.9 Å². The van der Waals surface area contributed by atoms with Crippen molar-refractivity contribution in [2.75, 3.05) is 19.8 Å². The molecule has 6 heteroatoms. The highest BCUT2D eigenvalue weighted by atomic mass is 16.5. The number of rotatable bonds is 7. The third-order valence-corrected chi connectivity index (χ3v) is 5.36. The maximum Gasteiger partial charge on any atom is 0.251 e. The molecule has 2 amide bonds. The van der Waals surface area contributed by atoms with E-state index in [0.29, 0.717) is 30.4 Å². The fourth-order valence-electron chi connectivity index (χ4n) is 3.68. The first-order valence-electron chi connectivity index (χ1n) is 9.54. The summed E-state index contributed by atoms with van der Waals surface area (Å²) in [5, 5.41) is 3.00. The highest BCUT2D eigenvalue weighted by molar-refractivity contribution is 5.94. The summed E-state index contributed by atoms with van der Waals surface area (Å²) in [6.45, 7) is 1.96. The van der Waals surface area contributed by atoms with Gasteiger partial charge >= 0.3 is 0 Å². The molecule has 1 aromatic carbocycles. The number of benzene rings is 1. The minimum Gasteiger partial charge on any atom is -0.491 e. The van der Waals surface area contributed by atoms with Crippen molar-refractivity contribution in [2.24, 2.45) is 17.6 Å². The molecule has 1 aromatic rings. The molecule has 2 fully saturated rings. The Kier molecular flexibility index (Phi) is 6.50. The number of primary amides is 1. The maximum absolute atomic E-state index is 12.4. The van der Waals surface area contributed by atoms with Gasteiger partial charge in [0.25, 0.3) is 5.91 Å². The van der Waals surface area contributed by atoms with E-state index < -0.39 is 0 Å². The molecule has 1 atom stereocenters. The summed E-state index contributed by atoms with van der Waals surface area (Å²) in [5.74, 6) is 0.806. The lowest BCUT2D eigenvalue weighted by Crippen LogP contribution is -2.33. The molecule has 3 rings (SSSR count). The van der Waals surface area contributed by atoms with E-state index in [9.17, 15) is 9.59 Å². The molecule has 26 heavy (non-hydrogen) atoms. The van der Waals surface area contributed by atoms with Gasteiger partial charge in [-0.2, -0.15) is 0 Å². The molecule has 6 nitrogen and oxygen atoms in total. The van der Waals surface area contributed by atoms with Gasteiger partial charge in [-0.05, 0) is 62.6 Å². The summed E-state index contributed by atoms with van der Waals surface area (Å²) in [5.41, 5.74) is 5.96. The van der Waals surface area contributed by atoms with Crippen LogP contribution in [-0.4, -0.2) is 37.7 Å². The summed E-state index contributed by atoms with van der Waals surface area (Å²) in [4.78, 5) is 23.6. The molecule has 1 aliphatic carbocycles. The van der Waals surface area contributed by atoms with Gasteiger partial charge in [0, 0.05) is 24.6 Å². The molecule has 0 spiro atoms. The molecular weight excluding hydrogens is 332 g/mol. The number of amides is 2. The number of carbonyl (C=O) groups is 2. The van der Waals surface area contributed by atoms with E-state index >= 15 is 0 Å². The minimum absolute atomic E-state index is 0.000344. The second kappa shape index (κ2) is 9.03. The Bertz CT molecular complexity index is 620. The Hall–Kier alpha value is -2.08. The summed E-state index contributed by atoms with van der Waals surface area (Å²) >= 11 is 0. The molecule has 0 bridgehead atoms. The first kappa shape index (κ1) is 18.7. The monoisotopic (exact) mass is 360 g/mol. The zero-order valence-electron chi connectivity index (χ0n) is 15.1. The molecule has 2 aliphatic rings. The normalized spacial score (nSPS) is 25.6. The van der Waals surface area contributed by atoms with Crippen LogP contribution in [0, 0.1) is 11.8 Å². The SMILES string of the molecule is NC(=O)C1CCC(CNC(=O)c2cccc(OCC3CCCO3)c2)CC1. The molecule has 142 valence electrons. The molecular formula is C20H28N2O4. The van der Waals surface area contributed by atoms with Crippen LogP contribution in [0.15, 0.2) is 24.3 Å². The van der Waals surface area contributed by atoms with Gasteiger partial charge in [0.05, 0.1) is 6.10 Å². The van der Waals surface area contributed by atoms with E-state index in [1.54, 1.807) is 12.1 Å². The highest BCUT2D eigenvalue weighted by Crippen LogP contribution is 2.28. The number of ether oxygens (including phenoxy) is 2. The van der Waals surface area contributed by atoms with Gasteiger partial charge in [-0.15, -0.1) is 0 Å². The lowest BCUT2D eigenvalue weighted by atomic mass is 9.81. The van der Waals surface area contributed by atoms with Crippen LogP contribution < -0.4 is 15.8 Å². The van der Waals surface area contributed by atoms with Crippen molar-refractivity contribution in [1.29, 1.82) is 0 Å². The predicted molar refractivity (Wildman–Crippen MR) is 97.9 cm³/mol. The summed E-state index contributed by atoms with van der Waals surface area (Å²) in [6, 6.07) is 7.25. The Labute approximate surface area is 154 Å². The summed E-state index contributed by atoms with van der Waals surface area (Å²) in [7, 11) is 0. The van der Waals surface area contributed by atoms with Crippen molar-refractivity contribution in [2.45, 2.75) is 44.6 Å². The van der Waals surface area contributed by atoms with E-state index in [1.165, 1.54) is 0 Å². The quantitative estimate of drug-likeness (QED) is 0.780. The van der Waals surface area contributed by atoms with Crippen LogP contribution in [0.2, 0.25) is 0 Å². The molecule has 3 N–H and O–H groups in total. The fraction of sp³-hybridized carbons (Fsp3) is 0.600. The number of nitrogens with one attached hydrogen (secondary N) is 1. The summed E-state index contributed by atoms with van der Waals surface area (Å²) < 4.78 is 11.3. The van der Waals surface area contributed by atoms with Crippen molar-refractivity contribution in [3.05, 3.63) is 29.8 Å². The van der Waals surface area contributed by atoms with Gasteiger partial charge in [-0.1, -0.05) is 6.07 Å². The fourth-order valence-corrected chi connectivity index (χ4v) is 3.68. The van der Waals surface area contributed by atoms with Crippen molar-refractivity contribution in [3.63, 3.8) is 0 Å². The second-order valence-corrected chi connectivity index (χ2v) is 7.30. The smallest absolute Gasteiger partial charge is 0.251 e. The van der Waals surface area contributed by atoms with Gasteiger partial charge in [0.1, 0.15) is 12.4 Å². The second-order valence-electron chi connectivity index (χ2n) is 7.30. The van der Waals surface area contributed by atoms with Crippen LogP contribution in [0.25, 0.3) is 0 Å². The van der Waals surface area contributed by atoms with Crippen molar-refractivity contribution in [1.82, 2.24) is 5.32 Å². The van der Waals surface area contributed by atoms with Gasteiger partial charge in [0.2, 0.25) is 5.91 Å². The van der Waals surface area contributed by atoms with Crippen molar-refractivity contribution >= 4 is 11.8 Å². The zero-order valence-corrected chi connectivity index (χ0v) is 15.1. The highest BCUT2D eigenvalue weighted by Gasteiger charge is 2.25. The van der Waals surface area contributed by atoms with Gasteiger partial charge < -0.3 is 20.5 Å². The predicted octanol–water partition coefficient (Wildman–Crippen LogP) is 2.27. The first-order chi connectivity index (χ1) is 12.6. The molecule has 1 unspecified atom stereocenters. The average Bonchev–Trinajstić information content (AvgIpc) is 3.18. The van der Waals surface area contributed by atoms with Crippen LogP contribution in [0.3, 0.4) is 0 Å². The van der Waals surface area contributed by atoms with Crippen molar-refractivity contribution in [3.8, 4) is 5.75 Å². The van der Waals surface area contributed by atoms with Crippen LogP contribution in [0.5, 0.6) is 5.75 Å². The number of hydrogen-bond acceptors (Lipinski definition) is 4. The van der Waals surface area contributed by atoms with E-state index in [1.807, 2.05) is 12.1 Å². The van der Waals surface area contributed by atoms with Crippen molar-refractivity contribution < 1.29 is 19.1 Å². The summed E-state index contributed by atoms with van der Waals surface area (Å²) in [6.07, 6.45) is 5.76. The standard InChI is InChI=1S/C20H28N2O4/c21-19(23)15-8-6-14(7-9-15)12-22-20(24)16-3-1-4-17(11-16)26-13-18-5-2-10-25-18/h1,3-4,11,14-15,18H,2,5-10,12-13H2,(H2,21,23)(H,22,24). The largest absolute Gasteiger partial charge is 0.491 e. The molecule has 1 aliphatic heterocycles. The van der Waals surface area contributed by atoms with Crippen LogP contribution in [-0.2, 0) is 9.53 Å². The van der Waals surface area contributed by atoms with E-state index in [0.717, 1.165) is 45.1 Å². The van der Waals surface area contributed by atoms with E-state index in [2.05, 4.69) is 5.32 Å². The Morgan fingerprint density at radius 2 is 2.00 bits per heavy atom. The Morgan fingerprint density at radius 3 is 2.69 bits per heavy atom. The van der Waals surface area contributed by atoms with Crippen LogP contribution in [0.4, 0.5) is 0 Å². The van der Waals surface area contributed by atoms with Gasteiger partial charge in [-0.25, -0.2) is 0 Å². The Balaban J connectivity index is 1.44. The number of hydrogen-bond donors (Lipinski definition) is 2. The lowest BCUT2D eigenvalue weighted by molar-refractivity contribution is -0.122. The van der Waals surface area contributed by atoms with Crippen LogP contribution >= 0.6 is 0 Å². The van der Waals surface area contributed by atoms with Gasteiger partial charge in [0.15, 0.2) is 0 Å². The minimum atomic E-state index is -0.202. The molecule has 1 saturated heterocycles. The van der Waals surface area contributed by atoms with E-state index in [-0.39, 0.29) is 23.8 Å². The number of carbonyl (C=O) groups excluding carboxylic acids is 2. The molecule has 1 heterocycles. The number of nitrogens with two attached hydrogens (primary N) is 1. The zero-order chi connectivity index (χ0) is 18.4. The third-order valence-electron chi connectivity index (χ3n) is 5.36. The topological polar surface area (TPSA) is 90.7 Å². The molecule has 0 aromatic heterocycles. The molecule has 0 radical (unpaired) electrons.